The topological polar surface area (TPSA) is 90.9 Å². The zero-order valence-electron chi connectivity index (χ0n) is 16.7. The van der Waals surface area contributed by atoms with Crippen molar-refractivity contribution in [3.8, 4) is 0 Å². The highest BCUT2D eigenvalue weighted by atomic mass is 31.2. The van der Waals surface area contributed by atoms with E-state index in [0.717, 1.165) is 11.1 Å². The van der Waals surface area contributed by atoms with Crippen molar-refractivity contribution < 1.29 is 28.2 Å². The van der Waals surface area contributed by atoms with Gasteiger partial charge >= 0.3 is 12.1 Å². The molecule has 1 N–H and O–H groups in total. The molecule has 0 aliphatic heterocycles. The summed E-state index contributed by atoms with van der Waals surface area (Å²) in [6, 6.07) is 18.4. The highest BCUT2D eigenvalue weighted by Gasteiger charge is 2.34. The van der Waals surface area contributed by atoms with E-state index in [9.17, 15) is 14.2 Å². The van der Waals surface area contributed by atoms with Gasteiger partial charge in [-0.3, -0.25) is 4.57 Å². The molecule has 2 rings (SSSR count). The van der Waals surface area contributed by atoms with Crippen molar-refractivity contribution in [1.29, 1.82) is 0 Å². The van der Waals surface area contributed by atoms with Crippen LogP contribution in [0.3, 0.4) is 0 Å². The van der Waals surface area contributed by atoms with Gasteiger partial charge in [-0.1, -0.05) is 60.7 Å². The van der Waals surface area contributed by atoms with Crippen LogP contribution in [0.15, 0.2) is 60.7 Å². The highest BCUT2D eigenvalue weighted by molar-refractivity contribution is 7.58. The Morgan fingerprint density at radius 1 is 1.00 bits per heavy atom. The Morgan fingerprint density at radius 2 is 1.55 bits per heavy atom. The smallest absolute Gasteiger partial charge is 0.408 e. The lowest BCUT2D eigenvalue weighted by molar-refractivity contribution is -0.148. The summed E-state index contributed by atoms with van der Waals surface area (Å²) in [5.74, 6) is -1.48. The molecular formula is C21H26NO6P. The first-order valence-corrected chi connectivity index (χ1v) is 11.3. The van der Waals surface area contributed by atoms with E-state index in [1.54, 1.807) is 6.92 Å². The maximum atomic E-state index is 13.0. The average Bonchev–Trinajstić information content (AvgIpc) is 2.72. The zero-order valence-corrected chi connectivity index (χ0v) is 17.6. The van der Waals surface area contributed by atoms with E-state index < -0.39 is 31.3 Å². The summed E-state index contributed by atoms with van der Waals surface area (Å²) in [5.41, 5.74) is 1.67. The number of rotatable bonds is 9. The highest BCUT2D eigenvalue weighted by Crippen LogP contribution is 2.48. The van der Waals surface area contributed by atoms with Gasteiger partial charge in [0, 0.05) is 13.1 Å². The van der Waals surface area contributed by atoms with E-state index in [1.807, 2.05) is 60.7 Å². The number of hydrogen-bond donors (Lipinski definition) is 1. The summed E-state index contributed by atoms with van der Waals surface area (Å²) in [6.07, 6.45) is -1.57. The van der Waals surface area contributed by atoms with E-state index in [0.29, 0.717) is 0 Å². The second-order valence-corrected chi connectivity index (χ2v) is 9.40. The van der Waals surface area contributed by atoms with Gasteiger partial charge in [-0.05, 0) is 18.1 Å². The average molecular weight is 419 g/mol. The van der Waals surface area contributed by atoms with Crippen LogP contribution in [0, 0.1) is 0 Å². The van der Waals surface area contributed by atoms with Gasteiger partial charge in [-0.15, -0.1) is 0 Å². The predicted octanol–water partition coefficient (Wildman–Crippen LogP) is 3.97. The van der Waals surface area contributed by atoms with Gasteiger partial charge in [-0.2, -0.15) is 0 Å². The number of methoxy groups -OCH3 is 1. The molecule has 3 atom stereocenters. The van der Waals surface area contributed by atoms with Crippen molar-refractivity contribution in [1.82, 2.24) is 5.32 Å². The maximum Gasteiger partial charge on any atom is 0.408 e. The first kappa shape index (κ1) is 22.7. The van der Waals surface area contributed by atoms with Crippen molar-refractivity contribution in [2.24, 2.45) is 0 Å². The summed E-state index contributed by atoms with van der Waals surface area (Å²) >= 11 is 0. The fourth-order valence-corrected chi connectivity index (χ4v) is 3.71. The molecule has 0 fully saturated rings. The predicted molar refractivity (Wildman–Crippen MR) is 110 cm³/mol. The van der Waals surface area contributed by atoms with Gasteiger partial charge in [0.25, 0.3) is 0 Å². The Balaban J connectivity index is 1.95. The summed E-state index contributed by atoms with van der Waals surface area (Å²) in [4.78, 5) is 24.2. The molecule has 0 aliphatic carbocycles. The van der Waals surface area contributed by atoms with Crippen LogP contribution in [0.4, 0.5) is 4.79 Å². The Labute approximate surface area is 170 Å². The Bertz CT molecular complexity index is 843. The molecule has 0 radical (unpaired) electrons. The van der Waals surface area contributed by atoms with Crippen LogP contribution in [-0.2, 0) is 36.4 Å². The van der Waals surface area contributed by atoms with Crippen LogP contribution in [-0.4, -0.2) is 37.7 Å². The number of hydrogen-bond acceptors (Lipinski definition) is 6. The number of amides is 1. The summed E-state index contributed by atoms with van der Waals surface area (Å²) in [7, 11) is -2.16. The quantitative estimate of drug-likeness (QED) is 0.489. The standard InChI is InChI=1S/C21H26NO6P/c1-16(22-21(24)27-15-18-12-8-5-9-13-18)29(3,25)28-19(20(23)26-2)14-17-10-6-4-7-11-17/h4-13,16,19H,14-15H2,1-3H3,(H,22,24)/t16-,19+,29?/m1/s1. The number of carbonyl (C=O) groups is 2. The van der Waals surface area contributed by atoms with Gasteiger partial charge < -0.3 is 19.3 Å². The first-order chi connectivity index (χ1) is 13.8. The molecule has 0 heterocycles. The lowest BCUT2D eigenvalue weighted by atomic mass is 10.1. The van der Waals surface area contributed by atoms with E-state index in [-0.39, 0.29) is 13.0 Å². The monoisotopic (exact) mass is 419 g/mol. The van der Waals surface area contributed by atoms with E-state index >= 15 is 0 Å². The third-order valence-electron chi connectivity index (χ3n) is 4.31. The van der Waals surface area contributed by atoms with Crippen molar-refractivity contribution in [2.45, 2.75) is 31.8 Å². The number of carbonyl (C=O) groups excluding carboxylic acids is 2. The minimum atomic E-state index is -3.41. The minimum absolute atomic E-state index is 0.0903. The Hall–Kier alpha value is -2.63. The number of esters is 1. The zero-order chi connectivity index (χ0) is 21.3. The van der Waals surface area contributed by atoms with Crippen LogP contribution in [0.1, 0.15) is 18.1 Å². The third kappa shape index (κ3) is 7.37. The molecule has 1 unspecified atom stereocenters. The van der Waals surface area contributed by atoms with Crippen molar-refractivity contribution in [2.75, 3.05) is 13.8 Å². The molecule has 0 bridgehead atoms. The van der Waals surface area contributed by atoms with E-state index in [4.69, 9.17) is 14.0 Å². The molecule has 7 nitrogen and oxygen atoms in total. The van der Waals surface area contributed by atoms with Crippen molar-refractivity contribution in [3.05, 3.63) is 71.8 Å². The lowest BCUT2D eigenvalue weighted by Crippen LogP contribution is -2.36. The Kier molecular flexibility index (Phi) is 8.43. The van der Waals surface area contributed by atoms with Gasteiger partial charge in [0.1, 0.15) is 12.4 Å². The van der Waals surface area contributed by atoms with Gasteiger partial charge in [0.2, 0.25) is 7.37 Å². The van der Waals surface area contributed by atoms with Crippen LogP contribution in [0.25, 0.3) is 0 Å². The first-order valence-electron chi connectivity index (χ1n) is 9.16. The number of alkyl carbamates (subject to hydrolysis) is 1. The van der Waals surface area contributed by atoms with Crippen LogP contribution < -0.4 is 5.32 Å². The summed E-state index contributed by atoms with van der Waals surface area (Å²) in [5, 5.41) is 2.52. The Morgan fingerprint density at radius 3 is 2.10 bits per heavy atom. The van der Waals surface area contributed by atoms with Crippen molar-refractivity contribution >= 4 is 19.4 Å². The molecule has 1 amide bonds. The third-order valence-corrected chi connectivity index (χ3v) is 6.52. The van der Waals surface area contributed by atoms with Gasteiger partial charge in [0.15, 0.2) is 6.10 Å². The molecule has 0 aliphatic rings. The molecule has 0 aromatic heterocycles. The fraction of sp³-hybridized carbons (Fsp3) is 0.333. The maximum absolute atomic E-state index is 13.0. The van der Waals surface area contributed by atoms with Crippen LogP contribution in [0.5, 0.6) is 0 Å². The minimum Gasteiger partial charge on any atom is -0.467 e. The number of nitrogens with one attached hydrogen (secondary N) is 1. The molecule has 2 aromatic rings. The SMILES string of the molecule is COC(=O)[C@H](Cc1ccccc1)OP(C)(=O)[C@H](C)NC(=O)OCc1ccccc1. The van der Waals surface area contributed by atoms with Gasteiger partial charge in [0.05, 0.1) is 7.11 Å². The molecule has 156 valence electrons. The molecular weight excluding hydrogens is 393 g/mol. The lowest BCUT2D eigenvalue weighted by Gasteiger charge is -2.26. The molecule has 0 saturated heterocycles. The largest absolute Gasteiger partial charge is 0.467 e. The fourth-order valence-electron chi connectivity index (χ4n) is 2.52. The van der Waals surface area contributed by atoms with Crippen LogP contribution in [0.2, 0.25) is 0 Å². The molecule has 29 heavy (non-hydrogen) atoms. The molecule has 0 saturated carbocycles. The normalized spacial score (nSPS) is 14.9. The van der Waals surface area contributed by atoms with Crippen molar-refractivity contribution in [3.63, 3.8) is 0 Å². The van der Waals surface area contributed by atoms with Gasteiger partial charge in [-0.25, -0.2) is 9.59 Å². The van der Waals surface area contributed by atoms with E-state index in [2.05, 4.69) is 5.32 Å². The summed E-state index contributed by atoms with van der Waals surface area (Å²) < 4.78 is 28.6. The summed E-state index contributed by atoms with van der Waals surface area (Å²) in [6.45, 7) is 3.00. The second kappa shape index (κ2) is 10.8. The van der Waals surface area contributed by atoms with Crippen LogP contribution >= 0.6 is 7.37 Å². The molecule has 2 aromatic carbocycles. The van der Waals surface area contributed by atoms with E-state index in [1.165, 1.54) is 13.8 Å². The number of ether oxygens (including phenoxy) is 2. The second-order valence-electron chi connectivity index (χ2n) is 6.60. The molecule has 0 spiro atoms. The molecule has 8 heteroatoms. The number of benzene rings is 2.